The van der Waals surface area contributed by atoms with E-state index in [2.05, 4.69) is 6.07 Å². The number of likely N-dealkylation sites (N-methyl/N-ethyl adjacent to an activating group) is 1. The van der Waals surface area contributed by atoms with Crippen LogP contribution in [0.25, 0.3) is 17.0 Å². The van der Waals surface area contributed by atoms with Crippen LogP contribution < -0.4 is 0 Å². The predicted octanol–water partition coefficient (Wildman–Crippen LogP) is 4.93. The zero-order chi connectivity index (χ0) is 20.1. The third-order valence-corrected chi connectivity index (χ3v) is 4.97. The van der Waals surface area contributed by atoms with Crippen molar-refractivity contribution in [3.63, 3.8) is 0 Å². The molecule has 0 radical (unpaired) electrons. The Balaban J connectivity index is 1.82. The molecule has 0 aliphatic rings. The van der Waals surface area contributed by atoms with E-state index in [1.807, 2.05) is 35.0 Å². The standard InChI is InChI=1S/C23H22FN3O/c1-17(19-8-3-5-10-21(19)24)26(2)23(28)13-12-18-16-27(15-7-14-25)22-11-6-4-9-20(18)22/h3-6,8-13,16-17H,7,15H2,1-2H3/b13-12+. The largest absolute Gasteiger partial charge is 0.346 e. The number of hydrogen-bond donors (Lipinski definition) is 0. The molecule has 1 heterocycles. The average molecular weight is 375 g/mol. The summed E-state index contributed by atoms with van der Waals surface area (Å²) in [5.41, 5.74) is 2.42. The van der Waals surface area contributed by atoms with E-state index >= 15 is 0 Å². The molecule has 3 rings (SSSR count). The van der Waals surface area contributed by atoms with Crippen molar-refractivity contribution in [1.29, 1.82) is 5.26 Å². The van der Waals surface area contributed by atoms with E-state index in [-0.39, 0.29) is 17.8 Å². The van der Waals surface area contributed by atoms with Crippen molar-refractivity contribution < 1.29 is 9.18 Å². The number of amides is 1. The molecule has 0 fully saturated rings. The molecule has 1 atom stereocenters. The van der Waals surface area contributed by atoms with Crippen LogP contribution in [0.3, 0.4) is 0 Å². The topological polar surface area (TPSA) is 49.0 Å². The summed E-state index contributed by atoms with van der Waals surface area (Å²) in [7, 11) is 1.67. The van der Waals surface area contributed by atoms with Crippen molar-refractivity contribution in [2.24, 2.45) is 0 Å². The minimum absolute atomic E-state index is 0.204. The number of carbonyl (C=O) groups excluding carboxylic acids is 1. The Morgan fingerprint density at radius 3 is 2.71 bits per heavy atom. The summed E-state index contributed by atoms with van der Waals surface area (Å²) in [6, 6.07) is 16.2. The van der Waals surface area contributed by atoms with E-state index in [9.17, 15) is 9.18 Å². The van der Waals surface area contributed by atoms with Gasteiger partial charge in [0.15, 0.2) is 0 Å². The lowest BCUT2D eigenvalue weighted by atomic mass is 10.1. The lowest BCUT2D eigenvalue weighted by Gasteiger charge is -2.24. The summed E-state index contributed by atoms with van der Waals surface area (Å²) in [6.07, 6.45) is 5.65. The third kappa shape index (κ3) is 3.96. The van der Waals surface area contributed by atoms with Crippen molar-refractivity contribution >= 4 is 22.9 Å². The number of hydrogen-bond acceptors (Lipinski definition) is 2. The Hall–Kier alpha value is -3.39. The molecule has 0 saturated heterocycles. The van der Waals surface area contributed by atoms with Gasteiger partial charge in [-0.15, -0.1) is 0 Å². The summed E-state index contributed by atoms with van der Waals surface area (Å²) in [5, 5.41) is 9.88. The summed E-state index contributed by atoms with van der Waals surface area (Å²) >= 11 is 0. The zero-order valence-corrected chi connectivity index (χ0v) is 16.0. The minimum atomic E-state index is -0.379. The number of aromatic nitrogens is 1. The summed E-state index contributed by atoms with van der Waals surface area (Å²) < 4.78 is 16.0. The molecule has 5 heteroatoms. The number of fused-ring (bicyclic) bond motifs is 1. The molecule has 0 bridgehead atoms. The van der Waals surface area contributed by atoms with Gasteiger partial charge in [-0.1, -0.05) is 36.4 Å². The Kier molecular flexibility index (Phi) is 5.90. The molecule has 3 aromatic rings. The molecule has 1 unspecified atom stereocenters. The maximum atomic E-state index is 14.0. The van der Waals surface area contributed by atoms with Crippen LogP contribution in [0, 0.1) is 17.1 Å². The number of halogens is 1. The third-order valence-electron chi connectivity index (χ3n) is 4.97. The molecule has 0 aliphatic carbocycles. The quantitative estimate of drug-likeness (QED) is 0.574. The highest BCUT2D eigenvalue weighted by molar-refractivity contribution is 5.96. The van der Waals surface area contributed by atoms with Crippen LogP contribution in [0.2, 0.25) is 0 Å². The molecule has 2 aromatic carbocycles. The van der Waals surface area contributed by atoms with Crippen LogP contribution in [0.1, 0.15) is 30.5 Å². The van der Waals surface area contributed by atoms with Gasteiger partial charge in [0.05, 0.1) is 18.5 Å². The lowest BCUT2D eigenvalue weighted by Crippen LogP contribution is -2.28. The van der Waals surface area contributed by atoms with Gasteiger partial charge in [-0.25, -0.2) is 4.39 Å². The number of nitriles is 1. The fourth-order valence-electron chi connectivity index (χ4n) is 3.26. The van der Waals surface area contributed by atoms with E-state index < -0.39 is 0 Å². The fraction of sp³-hybridized carbons (Fsp3) is 0.217. The van der Waals surface area contributed by atoms with Gasteiger partial charge < -0.3 is 9.47 Å². The van der Waals surface area contributed by atoms with Crippen LogP contribution in [-0.2, 0) is 11.3 Å². The van der Waals surface area contributed by atoms with Crippen LogP contribution in [-0.4, -0.2) is 22.4 Å². The normalized spacial score (nSPS) is 12.2. The van der Waals surface area contributed by atoms with Gasteiger partial charge in [0, 0.05) is 47.9 Å². The van der Waals surface area contributed by atoms with Crippen molar-refractivity contribution in [3.05, 3.63) is 77.7 Å². The maximum absolute atomic E-state index is 14.0. The van der Waals surface area contributed by atoms with Gasteiger partial charge in [0.2, 0.25) is 5.91 Å². The number of para-hydroxylation sites is 1. The molecular weight excluding hydrogens is 353 g/mol. The van der Waals surface area contributed by atoms with Gasteiger partial charge in [-0.05, 0) is 25.1 Å². The molecule has 28 heavy (non-hydrogen) atoms. The van der Waals surface area contributed by atoms with Crippen LogP contribution in [0.4, 0.5) is 4.39 Å². The maximum Gasteiger partial charge on any atom is 0.246 e. The van der Waals surface area contributed by atoms with Crippen molar-refractivity contribution in [2.45, 2.75) is 25.9 Å². The summed E-state index contributed by atoms with van der Waals surface area (Å²) in [5.74, 6) is -0.524. The average Bonchev–Trinajstić information content (AvgIpc) is 3.07. The number of benzene rings is 2. The molecule has 0 N–H and O–H groups in total. The van der Waals surface area contributed by atoms with E-state index in [1.54, 1.807) is 38.2 Å². The van der Waals surface area contributed by atoms with E-state index in [0.29, 0.717) is 18.5 Å². The monoisotopic (exact) mass is 375 g/mol. The Labute approximate surface area is 164 Å². The van der Waals surface area contributed by atoms with Crippen molar-refractivity contribution in [3.8, 4) is 6.07 Å². The fourth-order valence-corrected chi connectivity index (χ4v) is 3.26. The Morgan fingerprint density at radius 1 is 1.25 bits per heavy atom. The van der Waals surface area contributed by atoms with Gasteiger partial charge in [-0.3, -0.25) is 4.79 Å². The SMILES string of the molecule is CC(c1ccccc1F)N(C)C(=O)/C=C/c1cn(CCC#N)c2ccccc12. The highest BCUT2D eigenvalue weighted by Gasteiger charge is 2.18. The second-order valence-electron chi connectivity index (χ2n) is 6.68. The smallest absolute Gasteiger partial charge is 0.246 e. The second-order valence-corrected chi connectivity index (χ2v) is 6.68. The van der Waals surface area contributed by atoms with Gasteiger partial charge in [0.25, 0.3) is 0 Å². The molecule has 4 nitrogen and oxygen atoms in total. The highest BCUT2D eigenvalue weighted by atomic mass is 19.1. The van der Waals surface area contributed by atoms with Crippen molar-refractivity contribution in [2.75, 3.05) is 7.05 Å². The Morgan fingerprint density at radius 2 is 1.96 bits per heavy atom. The van der Waals surface area contributed by atoms with Gasteiger partial charge in [-0.2, -0.15) is 5.26 Å². The Bertz CT molecular complexity index is 1060. The second kappa shape index (κ2) is 8.53. The number of nitrogens with zero attached hydrogens (tertiary/aromatic N) is 3. The molecule has 1 aromatic heterocycles. The first-order chi connectivity index (χ1) is 13.5. The van der Waals surface area contributed by atoms with Crippen LogP contribution in [0.15, 0.2) is 60.8 Å². The van der Waals surface area contributed by atoms with Crippen LogP contribution in [0.5, 0.6) is 0 Å². The van der Waals surface area contributed by atoms with E-state index in [1.165, 1.54) is 17.0 Å². The minimum Gasteiger partial charge on any atom is -0.346 e. The van der Waals surface area contributed by atoms with Gasteiger partial charge >= 0.3 is 0 Å². The first kappa shape index (κ1) is 19.4. The number of aryl methyl sites for hydroxylation is 1. The number of carbonyl (C=O) groups is 1. The van der Waals surface area contributed by atoms with Gasteiger partial charge in [0.1, 0.15) is 5.82 Å². The number of rotatable bonds is 6. The van der Waals surface area contributed by atoms with E-state index in [4.69, 9.17) is 5.26 Å². The first-order valence-electron chi connectivity index (χ1n) is 9.17. The summed E-state index contributed by atoms with van der Waals surface area (Å²) in [6.45, 7) is 2.40. The predicted molar refractivity (Wildman–Crippen MR) is 109 cm³/mol. The molecular formula is C23H22FN3O. The molecule has 0 spiro atoms. The molecule has 142 valence electrons. The van der Waals surface area contributed by atoms with Crippen LogP contribution >= 0.6 is 0 Å². The lowest BCUT2D eigenvalue weighted by molar-refractivity contribution is -0.126. The first-order valence-corrected chi connectivity index (χ1v) is 9.17. The molecule has 0 saturated carbocycles. The van der Waals surface area contributed by atoms with Crippen molar-refractivity contribution in [1.82, 2.24) is 9.47 Å². The molecule has 0 aliphatic heterocycles. The molecule has 1 amide bonds. The summed E-state index contributed by atoms with van der Waals surface area (Å²) in [4.78, 5) is 14.1. The van der Waals surface area contributed by atoms with E-state index in [0.717, 1.165) is 16.5 Å². The zero-order valence-electron chi connectivity index (χ0n) is 16.0. The highest BCUT2D eigenvalue weighted by Crippen LogP contribution is 2.24.